The number of hydrogen-bond donors (Lipinski definition) is 1. The smallest absolute Gasteiger partial charge is 0.228 e. The predicted molar refractivity (Wildman–Crippen MR) is 47.3 cm³/mol. The summed E-state index contributed by atoms with van der Waals surface area (Å²) in [6.45, 7) is 2.08. The van der Waals surface area contributed by atoms with E-state index < -0.39 is 0 Å². The second-order valence-corrected chi connectivity index (χ2v) is 3.20. The Morgan fingerprint density at radius 1 is 1.50 bits per heavy atom. The van der Waals surface area contributed by atoms with Crippen LogP contribution in [0.1, 0.15) is 19.8 Å². The number of fused-ring (bicyclic) bond motifs is 1. The van der Waals surface area contributed by atoms with Gasteiger partial charge >= 0.3 is 0 Å². The molecule has 2 aliphatic rings. The zero-order chi connectivity index (χ0) is 8.55. The summed E-state index contributed by atoms with van der Waals surface area (Å²) in [5.74, 6) is 0.117. The molecule has 1 heterocycles. The van der Waals surface area contributed by atoms with Gasteiger partial charge in [0.1, 0.15) is 0 Å². The summed E-state index contributed by atoms with van der Waals surface area (Å²) < 4.78 is 0. The van der Waals surface area contributed by atoms with Crippen LogP contribution >= 0.6 is 0 Å². The molecule has 2 nitrogen and oxygen atoms in total. The summed E-state index contributed by atoms with van der Waals surface area (Å²) in [6, 6.07) is 0. The Bertz CT molecular complexity index is 321. The Labute approximate surface area is 71.7 Å². The van der Waals surface area contributed by atoms with Crippen molar-refractivity contribution in [3.63, 3.8) is 0 Å². The summed E-state index contributed by atoms with van der Waals surface area (Å²) in [4.78, 5) is 11.1. The molecule has 0 atom stereocenters. The Kier molecular flexibility index (Phi) is 1.61. The van der Waals surface area contributed by atoms with Crippen molar-refractivity contribution in [3.05, 3.63) is 35.1 Å². The maximum absolute atomic E-state index is 11.1. The van der Waals surface area contributed by atoms with Crippen LogP contribution in [0.25, 0.3) is 0 Å². The minimum absolute atomic E-state index is 0.117. The Hall–Kier alpha value is -1.31. The van der Waals surface area contributed by atoms with Gasteiger partial charge in [-0.05, 0) is 25.0 Å². The SMILES string of the molecule is CC1=C2CC(=O)NC2=CC=CC1. The number of hydrogen-bond acceptors (Lipinski definition) is 1. The summed E-state index contributed by atoms with van der Waals surface area (Å²) in [7, 11) is 0. The monoisotopic (exact) mass is 161 g/mol. The van der Waals surface area contributed by atoms with Crippen molar-refractivity contribution in [1.29, 1.82) is 0 Å². The van der Waals surface area contributed by atoms with Gasteiger partial charge in [0.05, 0.1) is 6.42 Å². The molecule has 62 valence electrons. The topological polar surface area (TPSA) is 29.1 Å². The van der Waals surface area contributed by atoms with E-state index >= 15 is 0 Å². The van der Waals surface area contributed by atoms with Crippen LogP contribution in [0.4, 0.5) is 0 Å². The van der Waals surface area contributed by atoms with Crippen LogP contribution in [0.2, 0.25) is 0 Å². The Balaban J connectivity index is 2.46. The maximum atomic E-state index is 11.1. The summed E-state index contributed by atoms with van der Waals surface area (Å²) in [5.41, 5.74) is 3.48. The van der Waals surface area contributed by atoms with Crippen molar-refractivity contribution in [2.45, 2.75) is 19.8 Å². The highest BCUT2D eigenvalue weighted by Gasteiger charge is 2.22. The average Bonchev–Trinajstić information content (AvgIpc) is 2.33. The second kappa shape index (κ2) is 2.63. The molecule has 2 rings (SSSR count). The molecule has 12 heavy (non-hydrogen) atoms. The van der Waals surface area contributed by atoms with E-state index in [0.29, 0.717) is 6.42 Å². The molecule has 1 aliphatic heterocycles. The lowest BCUT2D eigenvalue weighted by Gasteiger charge is -2.00. The molecule has 0 saturated carbocycles. The second-order valence-electron chi connectivity index (χ2n) is 3.20. The number of nitrogens with one attached hydrogen (secondary N) is 1. The van der Waals surface area contributed by atoms with Crippen molar-refractivity contribution in [3.8, 4) is 0 Å². The van der Waals surface area contributed by atoms with Gasteiger partial charge in [0, 0.05) is 5.70 Å². The van der Waals surface area contributed by atoms with E-state index in [4.69, 9.17) is 0 Å². The first-order valence-corrected chi connectivity index (χ1v) is 4.13. The van der Waals surface area contributed by atoms with Gasteiger partial charge in [0.15, 0.2) is 0 Å². The minimum atomic E-state index is 0.117. The van der Waals surface area contributed by atoms with Gasteiger partial charge in [-0.1, -0.05) is 17.7 Å². The van der Waals surface area contributed by atoms with Crippen LogP contribution in [0.5, 0.6) is 0 Å². The number of allylic oxidation sites excluding steroid dienone is 5. The number of rotatable bonds is 0. The lowest BCUT2D eigenvalue weighted by Crippen LogP contribution is -2.11. The molecule has 1 saturated heterocycles. The van der Waals surface area contributed by atoms with E-state index in [0.717, 1.165) is 12.1 Å². The molecule has 2 heteroatoms. The highest BCUT2D eigenvalue weighted by atomic mass is 16.1. The van der Waals surface area contributed by atoms with Gasteiger partial charge in [0.25, 0.3) is 0 Å². The van der Waals surface area contributed by atoms with E-state index in [1.54, 1.807) is 0 Å². The van der Waals surface area contributed by atoms with Crippen molar-refractivity contribution in [1.82, 2.24) is 5.32 Å². The van der Waals surface area contributed by atoms with Gasteiger partial charge in [-0.2, -0.15) is 0 Å². The summed E-state index contributed by atoms with van der Waals surface area (Å²) in [5, 5.41) is 2.84. The molecule has 1 aliphatic carbocycles. The molecular weight excluding hydrogens is 150 g/mol. The Morgan fingerprint density at radius 3 is 3.17 bits per heavy atom. The van der Waals surface area contributed by atoms with Gasteiger partial charge in [-0.15, -0.1) is 0 Å². The molecule has 0 unspecified atom stereocenters. The number of amides is 1. The number of carbonyl (C=O) groups excluding carboxylic acids is 1. The standard InChI is InChI=1S/C10H11NO/c1-7-4-2-3-5-9-8(7)6-10(12)11-9/h2-3,5H,4,6H2,1H3,(H,11,12). The fourth-order valence-corrected chi connectivity index (χ4v) is 1.58. The van der Waals surface area contributed by atoms with Crippen molar-refractivity contribution in [2.24, 2.45) is 0 Å². The predicted octanol–water partition coefficient (Wildman–Crippen LogP) is 1.67. The molecule has 0 bridgehead atoms. The maximum Gasteiger partial charge on any atom is 0.228 e. The molecular formula is C10H11NO. The first-order chi connectivity index (χ1) is 5.77. The van der Waals surface area contributed by atoms with Crippen LogP contribution in [-0.2, 0) is 4.79 Å². The summed E-state index contributed by atoms with van der Waals surface area (Å²) >= 11 is 0. The van der Waals surface area contributed by atoms with Gasteiger partial charge in [0.2, 0.25) is 5.91 Å². The largest absolute Gasteiger partial charge is 0.326 e. The molecule has 1 fully saturated rings. The Morgan fingerprint density at radius 2 is 2.33 bits per heavy atom. The zero-order valence-corrected chi connectivity index (χ0v) is 7.05. The highest BCUT2D eigenvalue weighted by Crippen LogP contribution is 2.26. The molecule has 0 radical (unpaired) electrons. The molecule has 0 aromatic rings. The van der Waals surface area contributed by atoms with E-state index in [9.17, 15) is 4.79 Å². The van der Waals surface area contributed by atoms with E-state index in [1.165, 1.54) is 11.1 Å². The third-order valence-electron chi connectivity index (χ3n) is 2.27. The lowest BCUT2D eigenvalue weighted by molar-refractivity contribution is -0.118. The average molecular weight is 161 g/mol. The highest BCUT2D eigenvalue weighted by molar-refractivity contribution is 5.87. The normalized spacial score (nSPS) is 21.8. The number of carbonyl (C=O) groups is 1. The molecule has 0 spiro atoms. The lowest BCUT2D eigenvalue weighted by atomic mass is 10.1. The first-order valence-electron chi connectivity index (χ1n) is 4.13. The van der Waals surface area contributed by atoms with E-state index in [-0.39, 0.29) is 5.91 Å². The summed E-state index contributed by atoms with van der Waals surface area (Å²) in [6.07, 6.45) is 7.59. The van der Waals surface area contributed by atoms with E-state index in [1.807, 2.05) is 12.2 Å². The quantitative estimate of drug-likeness (QED) is 0.575. The minimum Gasteiger partial charge on any atom is -0.326 e. The third-order valence-corrected chi connectivity index (χ3v) is 2.27. The van der Waals surface area contributed by atoms with Gasteiger partial charge in [-0.25, -0.2) is 0 Å². The van der Waals surface area contributed by atoms with Crippen molar-refractivity contribution >= 4 is 5.91 Å². The van der Waals surface area contributed by atoms with Gasteiger partial charge in [-0.3, -0.25) is 4.79 Å². The fourth-order valence-electron chi connectivity index (χ4n) is 1.58. The van der Waals surface area contributed by atoms with Crippen molar-refractivity contribution in [2.75, 3.05) is 0 Å². The first kappa shape index (κ1) is 7.35. The van der Waals surface area contributed by atoms with Gasteiger partial charge < -0.3 is 5.32 Å². The fraction of sp³-hybridized carbons (Fsp3) is 0.300. The molecule has 0 aromatic heterocycles. The third kappa shape index (κ3) is 1.09. The molecule has 1 N–H and O–H groups in total. The van der Waals surface area contributed by atoms with Crippen LogP contribution < -0.4 is 5.32 Å². The molecule has 1 amide bonds. The molecule has 0 aromatic carbocycles. The van der Waals surface area contributed by atoms with E-state index in [2.05, 4.69) is 18.3 Å². The zero-order valence-electron chi connectivity index (χ0n) is 7.05. The van der Waals surface area contributed by atoms with Crippen LogP contribution in [0.3, 0.4) is 0 Å². The van der Waals surface area contributed by atoms with Crippen molar-refractivity contribution < 1.29 is 4.79 Å². The van der Waals surface area contributed by atoms with Crippen LogP contribution in [0, 0.1) is 0 Å². The van der Waals surface area contributed by atoms with Crippen LogP contribution in [-0.4, -0.2) is 5.91 Å². The van der Waals surface area contributed by atoms with Crippen LogP contribution in [0.15, 0.2) is 35.1 Å².